The molecule has 0 saturated carbocycles. The number of nitrogens with zero attached hydrogens (tertiary/aromatic N) is 2. The van der Waals surface area contributed by atoms with E-state index in [1.807, 2.05) is 0 Å². The lowest BCUT2D eigenvalue weighted by molar-refractivity contribution is 0.200. The highest BCUT2D eigenvalue weighted by atomic mass is 15.2. The Kier molecular flexibility index (Phi) is 9.28. The number of hydrogen-bond donors (Lipinski definition) is 3. The molecule has 9 unspecified atom stereocenters. The van der Waals surface area contributed by atoms with Crippen LogP contribution < -0.4 is 27.4 Å². The van der Waals surface area contributed by atoms with E-state index in [0.717, 1.165) is 44.2 Å². The highest BCUT2D eigenvalue weighted by Gasteiger charge is 2.50. The van der Waals surface area contributed by atoms with E-state index in [9.17, 15) is 0 Å². The molecular formula is C45H53N5. The van der Waals surface area contributed by atoms with Crippen LogP contribution in [0.25, 0.3) is 28.7 Å². The van der Waals surface area contributed by atoms with Crippen molar-refractivity contribution in [3.05, 3.63) is 137 Å². The molecule has 0 spiro atoms. The van der Waals surface area contributed by atoms with Gasteiger partial charge in [-0.3, -0.25) is 0 Å². The Hall–Kier alpha value is -4.32. The van der Waals surface area contributed by atoms with Gasteiger partial charge >= 0.3 is 0 Å². The molecule has 0 radical (unpaired) electrons. The van der Waals surface area contributed by atoms with Crippen molar-refractivity contribution in [2.45, 2.75) is 82.6 Å². The molecule has 5 aliphatic rings. The molecule has 2 aromatic carbocycles. The summed E-state index contributed by atoms with van der Waals surface area (Å²) in [6, 6.07) is 20.5. The summed E-state index contributed by atoms with van der Waals surface area (Å²) in [6.07, 6.45) is 34.8. The van der Waals surface area contributed by atoms with E-state index in [0.29, 0.717) is 35.8 Å². The van der Waals surface area contributed by atoms with Crippen molar-refractivity contribution < 1.29 is 0 Å². The SMILES string of the molecule is CC/C=C\C(N)C1CC(N2C3C=CC=CC3C3C=CC(C4C=c5c(n(-c6ccccc6)c6ccccc56)=CC4)CC32)=CC(/C(N)=C/CCC)N1. The number of fused-ring (bicyclic) bond motifs is 6. The van der Waals surface area contributed by atoms with Crippen LogP contribution in [0.1, 0.15) is 52.4 Å². The van der Waals surface area contributed by atoms with Crippen molar-refractivity contribution in [2.24, 2.45) is 35.1 Å². The molecule has 258 valence electrons. The van der Waals surface area contributed by atoms with Crippen LogP contribution in [0.5, 0.6) is 0 Å². The summed E-state index contributed by atoms with van der Waals surface area (Å²) in [5.41, 5.74) is 18.5. The lowest BCUT2D eigenvalue weighted by Gasteiger charge is -2.43. The number of para-hydroxylation sites is 2. The zero-order valence-electron chi connectivity index (χ0n) is 29.6. The van der Waals surface area contributed by atoms with E-state index in [4.69, 9.17) is 11.5 Å². The minimum absolute atomic E-state index is 0.0199. The van der Waals surface area contributed by atoms with Crippen LogP contribution in [0.3, 0.4) is 0 Å². The normalized spacial score (nSPS) is 30.8. The van der Waals surface area contributed by atoms with Crippen LogP contribution in [0.15, 0.2) is 127 Å². The lowest BCUT2D eigenvalue weighted by Crippen LogP contribution is -2.54. The van der Waals surface area contributed by atoms with Crippen molar-refractivity contribution in [2.75, 3.05) is 0 Å². The minimum atomic E-state index is -0.0743. The second kappa shape index (κ2) is 14.1. The summed E-state index contributed by atoms with van der Waals surface area (Å²) in [6.45, 7) is 4.37. The Labute approximate surface area is 297 Å². The third-order valence-electron chi connectivity index (χ3n) is 11.9. The molecule has 1 fully saturated rings. The fraction of sp³-hybridized carbons (Fsp3) is 0.378. The quantitative estimate of drug-likeness (QED) is 0.222. The van der Waals surface area contributed by atoms with Gasteiger partial charge in [-0.05, 0) is 61.8 Å². The van der Waals surface area contributed by atoms with Gasteiger partial charge in [0.15, 0.2) is 0 Å². The van der Waals surface area contributed by atoms with Crippen molar-refractivity contribution in [1.82, 2.24) is 14.8 Å². The number of unbranched alkanes of at least 4 members (excludes halogenated alkanes) is 1. The Bertz CT molecular complexity index is 2010. The topological polar surface area (TPSA) is 72.2 Å². The van der Waals surface area contributed by atoms with Crippen LogP contribution in [0, 0.1) is 23.7 Å². The fourth-order valence-electron chi connectivity index (χ4n) is 9.45. The van der Waals surface area contributed by atoms with Gasteiger partial charge in [-0.2, -0.15) is 0 Å². The molecule has 8 rings (SSSR count). The van der Waals surface area contributed by atoms with Gasteiger partial charge in [0.2, 0.25) is 0 Å². The van der Waals surface area contributed by atoms with E-state index in [1.165, 1.54) is 32.9 Å². The number of benzene rings is 2. The summed E-state index contributed by atoms with van der Waals surface area (Å²) in [7, 11) is 0. The van der Waals surface area contributed by atoms with Crippen LogP contribution in [0.4, 0.5) is 0 Å². The molecule has 1 aromatic heterocycles. The first-order valence-corrected chi connectivity index (χ1v) is 19.1. The first-order valence-electron chi connectivity index (χ1n) is 19.1. The minimum Gasteiger partial charge on any atom is -0.401 e. The van der Waals surface area contributed by atoms with Gasteiger partial charge in [0, 0.05) is 69.4 Å². The van der Waals surface area contributed by atoms with Gasteiger partial charge in [-0.1, -0.05) is 124 Å². The lowest BCUT2D eigenvalue weighted by atomic mass is 9.73. The fourth-order valence-corrected chi connectivity index (χ4v) is 9.45. The number of nitrogens with two attached hydrogens (primary N) is 2. The highest BCUT2D eigenvalue weighted by molar-refractivity contribution is 5.84. The first kappa shape index (κ1) is 32.9. The number of aromatic nitrogens is 1. The maximum absolute atomic E-state index is 6.86. The second-order valence-electron chi connectivity index (χ2n) is 15.0. The summed E-state index contributed by atoms with van der Waals surface area (Å²) < 4.78 is 2.45. The van der Waals surface area contributed by atoms with Crippen molar-refractivity contribution in [3.8, 4) is 5.69 Å². The second-order valence-corrected chi connectivity index (χ2v) is 15.0. The van der Waals surface area contributed by atoms with E-state index in [1.54, 1.807) is 0 Å². The highest BCUT2D eigenvalue weighted by Crippen LogP contribution is 2.49. The van der Waals surface area contributed by atoms with E-state index >= 15 is 0 Å². The molecule has 1 saturated heterocycles. The molecule has 2 aliphatic heterocycles. The van der Waals surface area contributed by atoms with Gasteiger partial charge in [0.05, 0.1) is 17.6 Å². The maximum Gasteiger partial charge on any atom is 0.0672 e. The predicted octanol–water partition coefficient (Wildman–Crippen LogP) is 6.75. The average molecular weight is 664 g/mol. The third kappa shape index (κ3) is 5.95. The molecule has 5 nitrogen and oxygen atoms in total. The Morgan fingerprint density at radius 2 is 1.76 bits per heavy atom. The predicted molar refractivity (Wildman–Crippen MR) is 209 cm³/mol. The number of hydrogen-bond acceptors (Lipinski definition) is 4. The molecule has 50 heavy (non-hydrogen) atoms. The molecule has 5 heteroatoms. The van der Waals surface area contributed by atoms with Crippen LogP contribution in [-0.2, 0) is 0 Å². The molecule has 9 atom stereocenters. The molecule has 3 aromatic rings. The van der Waals surface area contributed by atoms with Crippen molar-refractivity contribution in [1.29, 1.82) is 0 Å². The Balaban J connectivity index is 1.15. The number of rotatable bonds is 9. The maximum atomic E-state index is 6.86. The summed E-state index contributed by atoms with van der Waals surface area (Å²) in [4.78, 5) is 2.80. The third-order valence-corrected chi connectivity index (χ3v) is 11.9. The van der Waals surface area contributed by atoms with Gasteiger partial charge in [-0.25, -0.2) is 0 Å². The smallest absolute Gasteiger partial charge is 0.0672 e. The molecule has 0 bridgehead atoms. The molecule has 5 N–H and O–H groups in total. The Morgan fingerprint density at radius 1 is 0.940 bits per heavy atom. The van der Waals surface area contributed by atoms with Crippen LogP contribution in [0.2, 0.25) is 0 Å². The average Bonchev–Trinajstić information content (AvgIpc) is 3.68. The van der Waals surface area contributed by atoms with Crippen LogP contribution in [-0.4, -0.2) is 39.7 Å². The molecule has 3 heterocycles. The summed E-state index contributed by atoms with van der Waals surface area (Å²) >= 11 is 0. The van der Waals surface area contributed by atoms with Gasteiger partial charge in [-0.15, -0.1) is 0 Å². The molecule has 3 aliphatic carbocycles. The first-order chi connectivity index (χ1) is 24.6. The van der Waals surface area contributed by atoms with Gasteiger partial charge in [0.1, 0.15) is 0 Å². The largest absolute Gasteiger partial charge is 0.401 e. The number of likely N-dealkylation sites (tertiary alicyclic amines) is 1. The molecular weight excluding hydrogens is 611 g/mol. The summed E-state index contributed by atoms with van der Waals surface area (Å²) in [5.74, 6) is 1.87. The van der Waals surface area contributed by atoms with Gasteiger partial charge in [0.25, 0.3) is 0 Å². The van der Waals surface area contributed by atoms with Crippen LogP contribution >= 0.6 is 0 Å². The summed E-state index contributed by atoms with van der Waals surface area (Å²) in [5, 5.41) is 7.89. The zero-order chi connectivity index (χ0) is 34.2. The van der Waals surface area contributed by atoms with E-state index in [-0.39, 0.29) is 18.1 Å². The van der Waals surface area contributed by atoms with Gasteiger partial charge < -0.3 is 26.3 Å². The van der Waals surface area contributed by atoms with Crippen molar-refractivity contribution >= 4 is 23.1 Å². The number of nitrogens with one attached hydrogen (secondary N) is 1. The molecule has 0 amide bonds. The zero-order valence-corrected chi connectivity index (χ0v) is 29.6. The number of allylic oxidation sites excluding steroid dienone is 5. The van der Waals surface area contributed by atoms with E-state index < -0.39 is 0 Å². The standard InChI is InChI=1S/C45H53N5/c1-3-5-18-38(46)40-28-33(29-41(48-40)39(47)19-6-4-2)50-42-20-12-10-16-34(42)36-24-22-31(27-45(36)50)30-23-25-44-37(26-30)35-17-11-13-21-43(35)49(44)32-14-8-7-9-15-32/h5,7-22,24-26,29-31,34,36,38,40-42,45,48H,3-4,6,23,27-28,46-47H2,1-2H3/b18-5-,39-19-. The Morgan fingerprint density at radius 3 is 2.60 bits per heavy atom. The monoisotopic (exact) mass is 663 g/mol. The van der Waals surface area contributed by atoms with E-state index in [2.05, 4.69) is 156 Å². The van der Waals surface area contributed by atoms with Crippen molar-refractivity contribution in [3.63, 3.8) is 0 Å².